The summed E-state index contributed by atoms with van der Waals surface area (Å²) in [5.74, 6) is 0.640. The van der Waals surface area contributed by atoms with Crippen molar-refractivity contribution < 1.29 is 21.6 Å². The second kappa shape index (κ2) is 9.91. The van der Waals surface area contributed by atoms with E-state index in [9.17, 15) is 21.6 Å². The van der Waals surface area contributed by atoms with Gasteiger partial charge in [0.15, 0.2) is 5.96 Å². The Hall–Kier alpha value is -1.09. The van der Waals surface area contributed by atoms with Crippen LogP contribution in [0.3, 0.4) is 0 Å². The molecule has 0 aliphatic carbocycles. The number of aryl methyl sites for hydroxylation is 1. The molecule has 0 spiro atoms. The van der Waals surface area contributed by atoms with E-state index < -0.39 is 15.5 Å². The van der Waals surface area contributed by atoms with E-state index in [1.54, 1.807) is 17.9 Å². The molecule has 2 heterocycles. The summed E-state index contributed by atoms with van der Waals surface area (Å²) in [6, 6.07) is 1.87. The highest BCUT2D eigenvalue weighted by Crippen LogP contribution is 2.30. The number of alkyl halides is 3. The second-order valence-electron chi connectivity index (χ2n) is 6.05. The van der Waals surface area contributed by atoms with E-state index in [-0.39, 0.29) is 43.0 Å². The third-order valence-corrected chi connectivity index (χ3v) is 5.98. The first-order chi connectivity index (χ1) is 12.1. The van der Waals surface area contributed by atoms with Crippen LogP contribution >= 0.6 is 24.0 Å². The molecular weight excluding hydrogens is 500 g/mol. The fraction of sp³-hybridized carbons (Fsp3) is 0.714. The summed E-state index contributed by atoms with van der Waals surface area (Å²) in [7, 11) is -1.78. The molecule has 1 aromatic rings. The monoisotopic (exact) mass is 524 g/mol. The molecule has 2 N–H and O–H groups in total. The maximum Gasteiger partial charge on any atom is 0.511 e. The van der Waals surface area contributed by atoms with Crippen molar-refractivity contribution in [3.05, 3.63) is 18.0 Å². The van der Waals surface area contributed by atoms with Gasteiger partial charge in [0.1, 0.15) is 0 Å². The van der Waals surface area contributed by atoms with Crippen molar-refractivity contribution in [3.8, 4) is 0 Å². The van der Waals surface area contributed by atoms with Crippen LogP contribution in [0, 0.1) is 5.92 Å². The Morgan fingerprint density at radius 3 is 2.44 bits per heavy atom. The molecule has 0 saturated carbocycles. The van der Waals surface area contributed by atoms with Gasteiger partial charge < -0.3 is 10.6 Å². The van der Waals surface area contributed by atoms with Crippen LogP contribution in [0.5, 0.6) is 0 Å². The number of halogens is 4. The molecule has 1 aliphatic rings. The number of aromatic nitrogens is 2. The Labute approximate surface area is 173 Å². The number of rotatable bonds is 5. The van der Waals surface area contributed by atoms with E-state index in [4.69, 9.17) is 0 Å². The number of piperidine rings is 1. The second-order valence-corrected chi connectivity index (χ2v) is 7.98. The molecule has 156 valence electrons. The van der Waals surface area contributed by atoms with Gasteiger partial charge in [-0.1, -0.05) is 0 Å². The highest BCUT2D eigenvalue weighted by atomic mass is 127. The summed E-state index contributed by atoms with van der Waals surface area (Å²) in [5, 5.41) is 10.3. The minimum absolute atomic E-state index is 0. The fourth-order valence-corrected chi connectivity index (χ4v) is 3.70. The van der Waals surface area contributed by atoms with E-state index >= 15 is 0 Å². The van der Waals surface area contributed by atoms with Crippen molar-refractivity contribution in [1.82, 2.24) is 24.7 Å². The molecule has 0 radical (unpaired) electrons. The lowest BCUT2D eigenvalue weighted by Gasteiger charge is -2.31. The van der Waals surface area contributed by atoms with Crippen LogP contribution in [-0.2, 0) is 23.6 Å². The number of nitrogens with zero attached hydrogens (tertiary/aromatic N) is 4. The first kappa shape index (κ1) is 23.9. The molecule has 0 unspecified atom stereocenters. The number of aliphatic imine (C=N–C) groups is 1. The van der Waals surface area contributed by atoms with E-state index in [2.05, 4.69) is 20.7 Å². The SMILES string of the molecule is CN=C(NCc1ccnn1C)NCC1CCN(S(=O)(=O)C(F)(F)F)CC1.I. The number of hydrogen-bond acceptors (Lipinski definition) is 4. The third-order valence-electron chi connectivity index (χ3n) is 4.35. The smallest absolute Gasteiger partial charge is 0.356 e. The van der Waals surface area contributed by atoms with Crippen molar-refractivity contribution in [1.29, 1.82) is 0 Å². The van der Waals surface area contributed by atoms with Crippen molar-refractivity contribution >= 4 is 40.0 Å². The Kier molecular flexibility index (Phi) is 8.79. The number of guanidine groups is 1. The van der Waals surface area contributed by atoms with Crippen molar-refractivity contribution in [2.24, 2.45) is 18.0 Å². The van der Waals surface area contributed by atoms with Gasteiger partial charge in [-0.3, -0.25) is 9.67 Å². The summed E-state index contributed by atoms with van der Waals surface area (Å²) in [5.41, 5.74) is -4.27. The molecule has 1 fully saturated rings. The van der Waals surface area contributed by atoms with Gasteiger partial charge in [0.05, 0.1) is 12.2 Å². The lowest BCUT2D eigenvalue weighted by atomic mass is 9.98. The van der Waals surface area contributed by atoms with Crippen LogP contribution in [0.4, 0.5) is 13.2 Å². The third kappa shape index (κ3) is 6.20. The molecule has 13 heteroatoms. The Bertz CT molecular complexity index is 729. The van der Waals surface area contributed by atoms with Crippen LogP contribution in [-0.4, -0.2) is 60.7 Å². The summed E-state index contributed by atoms with van der Waals surface area (Å²) in [4.78, 5) is 4.10. The lowest BCUT2D eigenvalue weighted by molar-refractivity contribution is -0.0496. The molecule has 0 atom stereocenters. The maximum absolute atomic E-state index is 12.6. The first-order valence-corrected chi connectivity index (χ1v) is 9.57. The van der Waals surface area contributed by atoms with Gasteiger partial charge in [-0.05, 0) is 24.8 Å². The molecule has 0 bridgehead atoms. The van der Waals surface area contributed by atoms with Gasteiger partial charge in [-0.25, -0.2) is 8.42 Å². The minimum Gasteiger partial charge on any atom is -0.356 e. The lowest BCUT2D eigenvalue weighted by Crippen LogP contribution is -2.47. The fourth-order valence-electron chi connectivity index (χ4n) is 2.71. The predicted octanol–water partition coefficient (Wildman–Crippen LogP) is 1.26. The summed E-state index contributed by atoms with van der Waals surface area (Å²) in [6.45, 7) is 0.772. The molecule has 1 aliphatic heterocycles. The molecular formula is C14H24F3IN6O2S. The van der Waals surface area contributed by atoms with E-state index in [0.717, 1.165) is 5.69 Å². The van der Waals surface area contributed by atoms with E-state index in [1.807, 2.05) is 13.1 Å². The number of sulfonamides is 1. The maximum atomic E-state index is 12.6. The number of hydrogen-bond donors (Lipinski definition) is 2. The van der Waals surface area contributed by atoms with Crippen molar-refractivity contribution in [2.45, 2.75) is 24.9 Å². The van der Waals surface area contributed by atoms with Gasteiger partial charge >= 0.3 is 15.5 Å². The number of nitrogens with one attached hydrogen (secondary N) is 2. The van der Waals surface area contributed by atoms with Crippen LogP contribution in [0.1, 0.15) is 18.5 Å². The van der Waals surface area contributed by atoms with Crippen LogP contribution in [0.15, 0.2) is 17.3 Å². The van der Waals surface area contributed by atoms with Crippen molar-refractivity contribution in [3.63, 3.8) is 0 Å². The van der Waals surface area contributed by atoms with Gasteiger partial charge in [-0.15, -0.1) is 24.0 Å². The molecule has 1 saturated heterocycles. The van der Waals surface area contributed by atoms with Gasteiger partial charge in [0.25, 0.3) is 0 Å². The Morgan fingerprint density at radius 2 is 1.96 bits per heavy atom. The van der Waals surface area contributed by atoms with Gasteiger partial charge in [0, 0.05) is 39.9 Å². The quantitative estimate of drug-likeness (QED) is 0.344. The zero-order valence-corrected chi connectivity index (χ0v) is 18.2. The topological polar surface area (TPSA) is 91.6 Å². The highest BCUT2D eigenvalue weighted by molar-refractivity contribution is 14.0. The standard InChI is InChI=1S/C14H23F3N6O2S.HI/c1-18-13(20-10-12-3-6-21-22(12)2)19-9-11-4-7-23(8-5-11)26(24,25)14(15,16)17;/h3,6,11H,4-5,7-10H2,1-2H3,(H2,18,19,20);1H. The average molecular weight is 524 g/mol. The van der Waals surface area contributed by atoms with Gasteiger partial charge in [0.2, 0.25) is 0 Å². The highest BCUT2D eigenvalue weighted by Gasteiger charge is 2.50. The normalized spacial score (nSPS) is 17.4. The molecule has 0 amide bonds. The Balaban J connectivity index is 0.00000364. The van der Waals surface area contributed by atoms with Gasteiger partial charge in [-0.2, -0.15) is 22.6 Å². The summed E-state index contributed by atoms with van der Waals surface area (Å²) in [6.07, 6.45) is 2.41. The van der Waals surface area contributed by atoms with Crippen LogP contribution < -0.4 is 10.6 Å². The largest absolute Gasteiger partial charge is 0.511 e. The Morgan fingerprint density at radius 1 is 1.33 bits per heavy atom. The molecule has 0 aromatic carbocycles. The zero-order valence-electron chi connectivity index (χ0n) is 15.0. The first-order valence-electron chi connectivity index (χ1n) is 8.13. The molecule has 27 heavy (non-hydrogen) atoms. The molecule has 1 aromatic heterocycles. The predicted molar refractivity (Wildman–Crippen MR) is 106 cm³/mol. The molecule has 8 nitrogen and oxygen atoms in total. The minimum atomic E-state index is -5.24. The van der Waals surface area contributed by atoms with E-state index in [0.29, 0.717) is 36.2 Å². The zero-order chi connectivity index (χ0) is 19.4. The summed E-state index contributed by atoms with van der Waals surface area (Å²) >= 11 is 0. The average Bonchev–Trinajstić information content (AvgIpc) is 2.99. The van der Waals surface area contributed by atoms with Crippen molar-refractivity contribution in [2.75, 3.05) is 26.7 Å². The summed E-state index contributed by atoms with van der Waals surface area (Å²) < 4.78 is 62.8. The molecule has 2 rings (SSSR count). The van der Waals surface area contributed by atoms with Crippen LogP contribution in [0.2, 0.25) is 0 Å². The van der Waals surface area contributed by atoms with E-state index in [1.165, 1.54) is 0 Å². The van der Waals surface area contributed by atoms with Crippen LogP contribution in [0.25, 0.3) is 0 Å².